The van der Waals surface area contributed by atoms with Crippen molar-refractivity contribution in [2.24, 2.45) is 0 Å². The van der Waals surface area contributed by atoms with Crippen LogP contribution in [0.3, 0.4) is 0 Å². The molecule has 0 radical (unpaired) electrons. The summed E-state index contributed by atoms with van der Waals surface area (Å²) < 4.78 is 0. The van der Waals surface area contributed by atoms with Crippen LogP contribution in [0.4, 0.5) is 17.1 Å². The predicted molar refractivity (Wildman–Crippen MR) is 67.9 cm³/mol. The van der Waals surface area contributed by atoms with Gasteiger partial charge in [-0.15, -0.1) is 0 Å². The number of anilines is 3. The Morgan fingerprint density at radius 1 is 1.12 bits per heavy atom. The van der Waals surface area contributed by atoms with Crippen LogP contribution < -0.4 is 10.6 Å². The highest BCUT2D eigenvalue weighted by molar-refractivity contribution is 5.74. The third-order valence-electron chi connectivity index (χ3n) is 2.59. The molecule has 0 amide bonds. The average molecular weight is 213 g/mol. The first kappa shape index (κ1) is 10.5. The largest absolute Gasteiger partial charge is 0.397 e. The number of aromatic nitrogens is 1. The van der Waals surface area contributed by atoms with Crippen molar-refractivity contribution in [1.82, 2.24) is 4.98 Å². The highest BCUT2D eigenvalue weighted by atomic mass is 15.1. The van der Waals surface area contributed by atoms with Crippen molar-refractivity contribution in [3.8, 4) is 0 Å². The van der Waals surface area contributed by atoms with Gasteiger partial charge in [0.05, 0.1) is 11.4 Å². The van der Waals surface area contributed by atoms with Gasteiger partial charge in [0.1, 0.15) is 0 Å². The van der Waals surface area contributed by atoms with E-state index < -0.39 is 0 Å². The fourth-order valence-electron chi connectivity index (χ4n) is 1.69. The summed E-state index contributed by atoms with van der Waals surface area (Å²) in [5.41, 5.74) is 10.0. The summed E-state index contributed by atoms with van der Waals surface area (Å²) in [6, 6.07) is 9.99. The summed E-state index contributed by atoms with van der Waals surface area (Å²) in [6.07, 6.45) is 3.55. The molecule has 3 nitrogen and oxygen atoms in total. The van der Waals surface area contributed by atoms with Gasteiger partial charge in [0, 0.05) is 25.1 Å². The molecule has 0 aliphatic rings. The maximum absolute atomic E-state index is 6.00. The van der Waals surface area contributed by atoms with Gasteiger partial charge in [0.2, 0.25) is 0 Å². The van der Waals surface area contributed by atoms with Crippen LogP contribution in [0.15, 0.2) is 42.7 Å². The quantitative estimate of drug-likeness (QED) is 0.780. The van der Waals surface area contributed by atoms with Crippen LogP contribution in [0.25, 0.3) is 0 Å². The molecule has 1 aromatic heterocycles. The monoisotopic (exact) mass is 213 g/mol. The van der Waals surface area contributed by atoms with E-state index in [1.54, 1.807) is 12.4 Å². The molecular formula is C13H15N3. The van der Waals surface area contributed by atoms with Gasteiger partial charge in [-0.2, -0.15) is 0 Å². The van der Waals surface area contributed by atoms with Crippen LogP contribution in [0.2, 0.25) is 0 Å². The van der Waals surface area contributed by atoms with E-state index in [2.05, 4.69) is 16.0 Å². The van der Waals surface area contributed by atoms with E-state index in [4.69, 9.17) is 5.73 Å². The molecule has 0 atom stereocenters. The van der Waals surface area contributed by atoms with Crippen molar-refractivity contribution in [2.75, 3.05) is 17.7 Å². The lowest BCUT2D eigenvalue weighted by Crippen LogP contribution is -2.11. The Morgan fingerprint density at radius 3 is 2.44 bits per heavy atom. The maximum atomic E-state index is 6.00. The number of nitrogen functional groups attached to an aromatic ring is 1. The first-order valence-electron chi connectivity index (χ1n) is 5.18. The second kappa shape index (κ2) is 4.23. The zero-order valence-electron chi connectivity index (χ0n) is 9.51. The van der Waals surface area contributed by atoms with E-state index in [0.29, 0.717) is 0 Å². The fourth-order valence-corrected chi connectivity index (χ4v) is 1.69. The highest BCUT2D eigenvalue weighted by Gasteiger charge is 2.06. The zero-order valence-corrected chi connectivity index (χ0v) is 9.51. The Morgan fingerprint density at radius 2 is 1.81 bits per heavy atom. The lowest BCUT2D eigenvalue weighted by Gasteiger charge is -2.21. The smallest absolute Gasteiger partial charge is 0.0641 e. The molecule has 3 heteroatoms. The molecule has 16 heavy (non-hydrogen) atoms. The summed E-state index contributed by atoms with van der Waals surface area (Å²) in [6.45, 7) is 2.03. The van der Waals surface area contributed by atoms with Crippen molar-refractivity contribution in [3.63, 3.8) is 0 Å². The van der Waals surface area contributed by atoms with Crippen molar-refractivity contribution in [1.29, 1.82) is 0 Å². The lowest BCUT2D eigenvalue weighted by molar-refractivity contribution is 1.19. The Hall–Kier alpha value is -2.03. The molecule has 1 heterocycles. The van der Waals surface area contributed by atoms with E-state index in [1.807, 2.05) is 38.2 Å². The minimum absolute atomic E-state index is 0.791. The topological polar surface area (TPSA) is 42.2 Å². The normalized spacial score (nSPS) is 10.1. The van der Waals surface area contributed by atoms with Crippen molar-refractivity contribution < 1.29 is 0 Å². The third-order valence-corrected chi connectivity index (χ3v) is 2.59. The average Bonchev–Trinajstić information content (AvgIpc) is 2.29. The molecule has 2 rings (SSSR count). The molecule has 82 valence electrons. The van der Waals surface area contributed by atoms with Gasteiger partial charge in [-0.1, -0.05) is 6.07 Å². The van der Waals surface area contributed by atoms with E-state index in [-0.39, 0.29) is 0 Å². The molecule has 0 saturated heterocycles. The van der Waals surface area contributed by atoms with E-state index in [1.165, 1.54) is 5.56 Å². The standard InChI is InChI=1S/C13H15N3/c1-10-3-4-13(12(14)9-10)16(2)11-5-7-15-8-6-11/h3-9H,14H2,1-2H3. The van der Waals surface area contributed by atoms with Crippen molar-refractivity contribution in [3.05, 3.63) is 48.3 Å². The van der Waals surface area contributed by atoms with Crippen LogP contribution in [0.1, 0.15) is 5.56 Å². The minimum Gasteiger partial charge on any atom is -0.397 e. The van der Waals surface area contributed by atoms with Crippen LogP contribution in [0, 0.1) is 6.92 Å². The van der Waals surface area contributed by atoms with Gasteiger partial charge in [0.25, 0.3) is 0 Å². The number of benzene rings is 1. The number of hydrogen-bond donors (Lipinski definition) is 1. The Labute approximate surface area is 95.5 Å². The summed E-state index contributed by atoms with van der Waals surface area (Å²) in [4.78, 5) is 6.05. The van der Waals surface area contributed by atoms with Gasteiger partial charge >= 0.3 is 0 Å². The molecule has 0 unspecified atom stereocenters. The summed E-state index contributed by atoms with van der Waals surface area (Å²) >= 11 is 0. The first-order valence-corrected chi connectivity index (χ1v) is 5.18. The number of pyridine rings is 1. The van der Waals surface area contributed by atoms with Crippen molar-refractivity contribution >= 4 is 17.1 Å². The zero-order chi connectivity index (χ0) is 11.5. The van der Waals surface area contributed by atoms with Crippen molar-refractivity contribution in [2.45, 2.75) is 6.92 Å². The van der Waals surface area contributed by atoms with Crippen LogP contribution in [-0.4, -0.2) is 12.0 Å². The molecule has 0 saturated carbocycles. The summed E-state index contributed by atoms with van der Waals surface area (Å²) in [5.74, 6) is 0. The van der Waals surface area contributed by atoms with Crippen LogP contribution in [0.5, 0.6) is 0 Å². The summed E-state index contributed by atoms with van der Waals surface area (Å²) in [7, 11) is 2.00. The molecule has 0 bridgehead atoms. The number of aryl methyl sites for hydroxylation is 1. The van der Waals surface area contributed by atoms with E-state index in [0.717, 1.165) is 17.1 Å². The number of nitrogens with zero attached hydrogens (tertiary/aromatic N) is 2. The Bertz CT molecular complexity index is 480. The SMILES string of the molecule is Cc1ccc(N(C)c2ccncc2)c(N)c1. The number of rotatable bonds is 2. The molecular weight excluding hydrogens is 198 g/mol. The molecule has 0 spiro atoms. The molecule has 2 N–H and O–H groups in total. The second-order valence-corrected chi connectivity index (χ2v) is 3.83. The van der Waals surface area contributed by atoms with Gasteiger partial charge in [-0.05, 0) is 36.8 Å². The second-order valence-electron chi connectivity index (χ2n) is 3.83. The van der Waals surface area contributed by atoms with Crippen LogP contribution >= 0.6 is 0 Å². The first-order chi connectivity index (χ1) is 7.68. The predicted octanol–water partition coefficient (Wildman–Crippen LogP) is 2.74. The molecule has 0 aliphatic carbocycles. The molecule has 0 fully saturated rings. The Balaban J connectivity index is 2.38. The van der Waals surface area contributed by atoms with Gasteiger partial charge in [-0.25, -0.2) is 0 Å². The Kier molecular flexibility index (Phi) is 2.77. The fraction of sp³-hybridized carbons (Fsp3) is 0.154. The molecule has 0 aliphatic heterocycles. The van der Waals surface area contributed by atoms with Gasteiger partial charge in [-0.3, -0.25) is 4.98 Å². The highest BCUT2D eigenvalue weighted by Crippen LogP contribution is 2.28. The number of hydrogen-bond acceptors (Lipinski definition) is 3. The maximum Gasteiger partial charge on any atom is 0.0641 e. The number of nitrogens with two attached hydrogens (primary N) is 1. The van der Waals surface area contributed by atoms with Crippen LogP contribution in [-0.2, 0) is 0 Å². The minimum atomic E-state index is 0.791. The summed E-state index contributed by atoms with van der Waals surface area (Å²) in [5, 5.41) is 0. The third kappa shape index (κ3) is 1.98. The molecule has 1 aromatic carbocycles. The lowest BCUT2D eigenvalue weighted by atomic mass is 10.2. The van der Waals surface area contributed by atoms with E-state index in [9.17, 15) is 0 Å². The van der Waals surface area contributed by atoms with Gasteiger partial charge in [0.15, 0.2) is 0 Å². The molecule has 2 aromatic rings. The van der Waals surface area contributed by atoms with E-state index >= 15 is 0 Å². The van der Waals surface area contributed by atoms with Gasteiger partial charge < -0.3 is 10.6 Å².